The van der Waals surface area contributed by atoms with Gasteiger partial charge in [0.05, 0.1) is 0 Å². The zero-order chi connectivity index (χ0) is 11.7. The summed E-state index contributed by atoms with van der Waals surface area (Å²) in [5.41, 5.74) is 1.08. The highest BCUT2D eigenvalue weighted by Gasteiger charge is 2.25. The Balaban J connectivity index is 2.31. The largest absolute Gasteiger partial charge is 0.377 e. The summed E-state index contributed by atoms with van der Waals surface area (Å²) in [4.78, 5) is 8.66. The van der Waals surface area contributed by atoms with Crippen molar-refractivity contribution in [2.24, 2.45) is 4.99 Å². The van der Waals surface area contributed by atoms with Gasteiger partial charge in [-0.1, -0.05) is 17.7 Å². The maximum Gasteiger partial charge on any atom is 0.136 e. The number of amidine groups is 1. The normalized spacial score (nSPS) is 24.8. The van der Waals surface area contributed by atoms with Gasteiger partial charge in [-0.3, -0.25) is 0 Å². The van der Waals surface area contributed by atoms with Crippen LogP contribution in [0.1, 0.15) is 0 Å². The average Bonchev–Trinajstić information content (AvgIpc) is 2.26. The molecular weight excluding hydrogens is 226 g/mol. The van der Waals surface area contributed by atoms with Gasteiger partial charge in [0.1, 0.15) is 23.8 Å². The number of halogens is 1. The zero-order valence-corrected chi connectivity index (χ0v) is 10.5. The van der Waals surface area contributed by atoms with Crippen molar-refractivity contribution in [3.63, 3.8) is 0 Å². The summed E-state index contributed by atoms with van der Waals surface area (Å²) >= 11 is 6.14. The quantitative estimate of drug-likeness (QED) is 0.538. The second-order valence-electron chi connectivity index (χ2n) is 4.01. The number of likely N-dealkylation sites (N-methyl/N-ethyl adjacent to an activating group) is 2. The highest BCUT2D eigenvalue weighted by Crippen LogP contribution is 2.26. The summed E-state index contributed by atoms with van der Waals surface area (Å²) in [6, 6.07) is 0. The van der Waals surface area contributed by atoms with Crippen LogP contribution in [0.4, 0.5) is 0 Å². The lowest BCUT2D eigenvalue weighted by molar-refractivity contribution is 0.232. The van der Waals surface area contributed by atoms with Gasteiger partial charge in [0.15, 0.2) is 0 Å². The third-order valence-electron chi connectivity index (χ3n) is 2.80. The van der Waals surface area contributed by atoms with Crippen LogP contribution in [0, 0.1) is 0 Å². The average molecular weight is 242 g/mol. The molecule has 0 radical (unpaired) electrons. The van der Waals surface area contributed by atoms with E-state index in [1.165, 1.54) is 5.57 Å². The van der Waals surface area contributed by atoms with Crippen LogP contribution in [0.3, 0.4) is 0 Å². The summed E-state index contributed by atoms with van der Waals surface area (Å²) in [6.07, 6.45) is 4.03. The van der Waals surface area contributed by atoms with Crippen molar-refractivity contribution in [3.05, 3.63) is 23.5 Å². The predicted molar refractivity (Wildman–Crippen MR) is 65.5 cm³/mol. The molecule has 0 saturated carbocycles. The summed E-state index contributed by atoms with van der Waals surface area (Å²) in [5, 5.41) is 0. The summed E-state index contributed by atoms with van der Waals surface area (Å²) in [5.74, 6) is 1.89. The molecule has 0 spiro atoms. The number of methoxy groups -OCH3 is 1. The van der Waals surface area contributed by atoms with Crippen LogP contribution < -0.4 is 0 Å². The lowest BCUT2D eigenvalue weighted by Gasteiger charge is -2.35. The van der Waals surface area contributed by atoms with Gasteiger partial charge in [0, 0.05) is 33.3 Å². The van der Waals surface area contributed by atoms with Crippen molar-refractivity contribution in [2.75, 3.05) is 34.4 Å². The summed E-state index contributed by atoms with van der Waals surface area (Å²) < 4.78 is 5.13. The number of rotatable bonds is 2. The number of alkyl halides is 1. The Bertz CT molecular complexity index is 375. The highest BCUT2D eigenvalue weighted by molar-refractivity contribution is 6.21. The van der Waals surface area contributed by atoms with Gasteiger partial charge in [-0.2, -0.15) is 0 Å². The van der Waals surface area contributed by atoms with E-state index in [0.29, 0.717) is 6.61 Å². The molecule has 0 aromatic carbocycles. The van der Waals surface area contributed by atoms with Crippen molar-refractivity contribution in [3.8, 4) is 0 Å². The van der Waals surface area contributed by atoms with Crippen LogP contribution in [0.15, 0.2) is 28.5 Å². The molecular formula is C11H16ClN3O. The van der Waals surface area contributed by atoms with E-state index in [2.05, 4.69) is 16.0 Å². The van der Waals surface area contributed by atoms with Crippen molar-refractivity contribution < 1.29 is 4.74 Å². The number of aliphatic imine (C=N–C) groups is 1. The molecule has 0 aromatic rings. The molecule has 2 rings (SSSR count). The Morgan fingerprint density at radius 2 is 2.31 bits per heavy atom. The number of nitrogens with zero attached hydrogens (tertiary/aromatic N) is 3. The minimum absolute atomic E-state index is 0.116. The third kappa shape index (κ3) is 1.95. The Morgan fingerprint density at radius 3 is 3.00 bits per heavy atom. The first-order valence-electron chi connectivity index (χ1n) is 5.19. The molecule has 0 amide bonds. The maximum atomic E-state index is 6.14. The lowest BCUT2D eigenvalue weighted by atomic mass is 10.1. The van der Waals surface area contributed by atoms with E-state index in [-0.39, 0.29) is 5.50 Å². The van der Waals surface area contributed by atoms with Crippen molar-refractivity contribution in [1.29, 1.82) is 0 Å². The lowest BCUT2D eigenvalue weighted by Crippen LogP contribution is -2.39. The van der Waals surface area contributed by atoms with E-state index in [4.69, 9.17) is 16.3 Å². The molecule has 0 saturated heterocycles. The van der Waals surface area contributed by atoms with Gasteiger partial charge < -0.3 is 14.5 Å². The fourth-order valence-corrected chi connectivity index (χ4v) is 2.01. The first-order valence-corrected chi connectivity index (χ1v) is 5.63. The molecule has 2 aliphatic rings. The second-order valence-corrected chi connectivity index (χ2v) is 4.46. The molecule has 16 heavy (non-hydrogen) atoms. The Hall–Kier alpha value is -1.00. The SMILES string of the molecule is COCC1=NC2=C(C=CC(Cl)N2C)CN1C. The number of hydrogen-bond donors (Lipinski definition) is 0. The molecule has 2 aliphatic heterocycles. The van der Waals surface area contributed by atoms with Gasteiger partial charge in [0.2, 0.25) is 0 Å². The standard InChI is InChI=1S/C11H16ClN3O/c1-14-6-8-4-5-9(12)15(2)11(8)13-10(14)7-16-3/h4-5,9H,6-7H2,1-3H3. The van der Waals surface area contributed by atoms with Crippen LogP contribution in [0.5, 0.6) is 0 Å². The summed E-state index contributed by atoms with van der Waals surface area (Å²) in [7, 11) is 5.65. The van der Waals surface area contributed by atoms with Gasteiger partial charge in [-0.05, 0) is 6.08 Å². The minimum atomic E-state index is -0.116. The fourth-order valence-electron chi connectivity index (χ4n) is 1.84. The second kappa shape index (κ2) is 4.47. The molecule has 2 heterocycles. The van der Waals surface area contributed by atoms with Crippen LogP contribution in [0.25, 0.3) is 0 Å². The van der Waals surface area contributed by atoms with Crippen molar-refractivity contribution >= 4 is 17.4 Å². The molecule has 4 nitrogen and oxygen atoms in total. The molecule has 88 valence electrons. The Kier molecular flexibility index (Phi) is 3.21. The Labute approximate surface area is 101 Å². The van der Waals surface area contributed by atoms with E-state index < -0.39 is 0 Å². The number of ether oxygens (including phenoxy) is 1. The van der Waals surface area contributed by atoms with Crippen LogP contribution in [0.2, 0.25) is 0 Å². The molecule has 0 bridgehead atoms. The molecule has 0 fully saturated rings. The summed E-state index contributed by atoms with van der Waals surface area (Å²) in [6.45, 7) is 1.37. The van der Waals surface area contributed by atoms with Crippen LogP contribution >= 0.6 is 11.6 Å². The van der Waals surface area contributed by atoms with Gasteiger partial charge in [0.25, 0.3) is 0 Å². The van der Waals surface area contributed by atoms with E-state index in [0.717, 1.165) is 18.2 Å². The minimum Gasteiger partial charge on any atom is -0.377 e. The molecule has 0 aliphatic carbocycles. The molecule has 0 N–H and O–H groups in total. The first-order chi connectivity index (χ1) is 7.63. The van der Waals surface area contributed by atoms with Gasteiger partial charge >= 0.3 is 0 Å². The molecule has 1 atom stereocenters. The van der Waals surface area contributed by atoms with Crippen molar-refractivity contribution in [1.82, 2.24) is 9.80 Å². The first kappa shape index (κ1) is 11.5. The van der Waals surface area contributed by atoms with E-state index >= 15 is 0 Å². The fraction of sp³-hybridized carbons (Fsp3) is 0.545. The topological polar surface area (TPSA) is 28.1 Å². The van der Waals surface area contributed by atoms with Crippen LogP contribution in [-0.4, -0.2) is 55.5 Å². The van der Waals surface area contributed by atoms with E-state index in [9.17, 15) is 0 Å². The van der Waals surface area contributed by atoms with E-state index in [1.807, 2.05) is 25.1 Å². The van der Waals surface area contributed by atoms with Gasteiger partial charge in [-0.25, -0.2) is 4.99 Å². The molecule has 5 heteroatoms. The smallest absolute Gasteiger partial charge is 0.136 e. The molecule has 1 unspecified atom stereocenters. The number of hydrogen-bond acceptors (Lipinski definition) is 4. The monoisotopic (exact) mass is 241 g/mol. The maximum absolute atomic E-state index is 6.14. The van der Waals surface area contributed by atoms with Gasteiger partial charge in [-0.15, -0.1) is 0 Å². The van der Waals surface area contributed by atoms with Crippen molar-refractivity contribution in [2.45, 2.75) is 5.50 Å². The molecule has 0 aromatic heterocycles. The van der Waals surface area contributed by atoms with E-state index in [1.54, 1.807) is 7.11 Å². The highest BCUT2D eigenvalue weighted by atomic mass is 35.5. The van der Waals surface area contributed by atoms with Crippen LogP contribution in [-0.2, 0) is 4.74 Å². The predicted octanol–water partition coefficient (Wildman–Crippen LogP) is 1.25. The third-order valence-corrected chi connectivity index (χ3v) is 3.24. The zero-order valence-electron chi connectivity index (χ0n) is 9.77. The Morgan fingerprint density at radius 1 is 1.56 bits per heavy atom.